The van der Waals surface area contributed by atoms with E-state index in [9.17, 15) is 4.79 Å². The Morgan fingerprint density at radius 1 is 1.37 bits per heavy atom. The largest absolute Gasteiger partial charge is 0.369 e. The molecule has 110 valence electrons. The van der Waals surface area contributed by atoms with Gasteiger partial charge in [0.25, 0.3) is 0 Å². The molecule has 19 heavy (non-hydrogen) atoms. The van der Waals surface area contributed by atoms with Crippen LogP contribution in [0.4, 0.5) is 0 Å². The number of carbonyl (C=O) groups excluding carboxylic acids is 1. The number of thioether (sulfide) groups is 1. The lowest BCUT2D eigenvalue weighted by atomic mass is 9.87. The van der Waals surface area contributed by atoms with Gasteiger partial charge in [-0.15, -0.1) is 0 Å². The predicted octanol–water partition coefficient (Wildman–Crippen LogP) is 1.06. The standard InChI is InChI=1S/C14H27N3OS/c1-14(2)7-12(9-19-10-14)16-11-3-5-17(6-4-11)8-13(15)18/h11-12,16H,3-10H2,1-2H3,(H2,15,18). The van der Waals surface area contributed by atoms with E-state index in [0.717, 1.165) is 25.9 Å². The summed E-state index contributed by atoms with van der Waals surface area (Å²) in [5.74, 6) is 2.31. The first-order valence-corrected chi connectivity index (χ1v) is 8.44. The molecule has 0 spiro atoms. The maximum atomic E-state index is 10.9. The van der Waals surface area contributed by atoms with Gasteiger partial charge in [0.15, 0.2) is 0 Å². The van der Waals surface area contributed by atoms with Crippen LogP contribution in [0.25, 0.3) is 0 Å². The third-order valence-corrected chi connectivity index (χ3v) is 5.67. The Morgan fingerprint density at radius 2 is 2.05 bits per heavy atom. The molecule has 3 N–H and O–H groups in total. The van der Waals surface area contributed by atoms with E-state index in [1.165, 1.54) is 17.9 Å². The highest BCUT2D eigenvalue weighted by Crippen LogP contribution is 2.33. The number of likely N-dealkylation sites (tertiary alicyclic amines) is 1. The smallest absolute Gasteiger partial charge is 0.231 e. The summed E-state index contributed by atoms with van der Waals surface area (Å²) in [5.41, 5.74) is 5.70. The number of nitrogens with two attached hydrogens (primary N) is 1. The second-order valence-corrected chi connectivity index (χ2v) is 7.79. The molecule has 0 aliphatic carbocycles. The Bertz CT molecular complexity index is 314. The average Bonchev–Trinajstić information content (AvgIpc) is 2.30. The molecule has 0 saturated carbocycles. The molecular weight excluding hydrogens is 258 g/mol. The van der Waals surface area contributed by atoms with Crippen molar-refractivity contribution in [3.63, 3.8) is 0 Å². The van der Waals surface area contributed by atoms with E-state index in [1.54, 1.807) is 0 Å². The van der Waals surface area contributed by atoms with Gasteiger partial charge in [-0.3, -0.25) is 9.69 Å². The van der Waals surface area contributed by atoms with Crippen LogP contribution in [0.5, 0.6) is 0 Å². The molecule has 2 heterocycles. The normalized spacial score (nSPS) is 29.3. The van der Waals surface area contributed by atoms with Gasteiger partial charge in [-0.2, -0.15) is 11.8 Å². The van der Waals surface area contributed by atoms with Crippen molar-refractivity contribution in [2.75, 3.05) is 31.1 Å². The van der Waals surface area contributed by atoms with Crippen LogP contribution in [0.1, 0.15) is 33.1 Å². The van der Waals surface area contributed by atoms with Gasteiger partial charge in [-0.25, -0.2) is 0 Å². The number of amides is 1. The van der Waals surface area contributed by atoms with Crippen LogP contribution in [0.3, 0.4) is 0 Å². The first-order valence-electron chi connectivity index (χ1n) is 7.29. The molecule has 2 aliphatic heterocycles. The maximum absolute atomic E-state index is 10.9. The Kier molecular flexibility index (Phi) is 5.15. The predicted molar refractivity (Wildman–Crippen MR) is 81.3 cm³/mol. The van der Waals surface area contributed by atoms with Crippen LogP contribution < -0.4 is 11.1 Å². The molecule has 5 heteroatoms. The first kappa shape index (κ1) is 15.1. The molecule has 0 aromatic heterocycles. The van der Waals surface area contributed by atoms with Crippen LogP contribution >= 0.6 is 11.8 Å². The van der Waals surface area contributed by atoms with Crippen LogP contribution in [0.15, 0.2) is 0 Å². The zero-order chi connectivity index (χ0) is 13.9. The third-order valence-electron chi connectivity index (χ3n) is 4.05. The fourth-order valence-electron chi connectivity index (χ4n) is 3.18. The number of primary amides is 1. The van der Waals surface area contributed by atoms with Crippen molar-refractivity contribution in [2.24, 2.45) is 11.1 Å². The van der Waals surface area contributed by atoms with Gasteiger partial charge >= 0.3 is 0 Å². The molecule has 0 aromatic carbocycles. The fraction of sp³-hybridized carbons (Fsp3) is 0.929. The lowest BCUT2D eigenvalue weighted by Gasteiger charge is -2.39. The Morgan fingerprint density at radius 3 is 2.63 bits per heavy atom. The number of carbonyl (C=O) groups is 1. The first-order chi connectivity index (χ1) is 8.94. The molecule has 2 rings (SSSR count). The second kappa shape index (κ2) is 6.46. The lowest BCUT2D eigenvalue weighted by molar-refractivity contribution is -0.119. The topological polar surface area (TPSA) is 58.4 Å². The molecule has 2 fully saturated rings. The molecular formula is C14H27N3OS. The molecule has 4 nitrogen and oxygen atoms in total. The summed E-state index contributed by atoms with van der Waals surface area (Å²) in [6.07, 6.45) is 3.55. The summed E-state index contributed by atoms with van der Waals surface area (Å²) in [4.78, 5) is 13.1. The summed E-state index contributed by atoms with van der Waals surface area (Å²) in [5, 5.41) is 3.82. The van der Waals surface area contributed by atoms with E-state index in [2.05, 4.69) is 35.8 Å². The molecule has 0 aromatic rings. The summed E-state index contributed by atoms with van der Waals surface area (Å²) in [6.45, 7) is 7.12. The van der Waals surface area contributed by atoms with Crippen molar-refractivity contribution in [2.45, 2.75) is 45.2 Å². The molecule has 1 atom stereocenters. The van der Waals surface area contributed by atoms with Gasteiger partial charge in [0, 0.05) is 30.9 Å². The van der Waals surface area contributed by atoms with Gasteiger partial charge in [-0.05, 0) is 30.4 Å². The quantitative estimate of drug-likeness (QED) is 0.811. The maximum Gasteiger partial charge on any atom is 0.231 e. The van der Waals surface area contributed by atoms with E-state index in [1.807, 2.05) is 0 Å². The van der Waals surface area contributed by atoms with Gasteiger partial charge in [0.2, 0.25) is 5.91 Å². The number of rotatable bonds is 4. The Balaban J connectivity index is 1.72. The number of nitrogens with one attached hydrogen (secondary N) is 1. The van der Waals surface area contributed by atoms with Crippen LogP contribution in [-0.2, 0) is 4.79 Å². The zero-order valence-corrected chi connectivity index (χ0v) is 13.0. The zero-order valence-electron chi connectivity index (χ0n) is 12.2. The second-order valence-electron chi connectivity index (χ2n) is 6.76. The summed E-state index contributed by atoms with van der Waals surface area (Å²) in [7, 11) is 0. The number of hydrogen-bond acceptors (Lipinski definition) is 4. The highest BCUT2D eigenvalue weighted by molar-refractivity contribution is 7.99. The highest BCUT2D eigenvalue weighted by atomic mass is 32.2. The summed E-state index contributed by atoms with van der Waals surface area (Å²) < 4.78 is 0. The minimum atomic E-state index is -0.211. The van der Waals surface area contributed by atoms with Crippen molar-refractivity contribution in [3.8, 4) is 0 Å². The van der Waals surface area contributed by atoms with E-state index in [-0.39, 0.29) is 5.91 Å². The Labute approximate surface area is 120 Å². The minimum absolute atomic E-state index is 0.211. The van der Waals surface area contributed by atoms with Crippen LogP contribution in [0, 0.1) is 5.41 Å². The lowest BCUT2D eigenvalue weighted by Crippen LogP contribution is -2.50. The van der Waals surface area contributed by atoms with Crippen molar-refractivity contribution >= 4 is 17.7 Å². The minimum Gasteiger partial charge on any atom is -0.369 e. The summed E-state index contributed by atoms with van der Waals surface area (Å²) >= 11 is 2.07. The van der Waals surface area contributed by atoms with E-state index in [4.69, 9.17) is 5.73 Å². The fourth-order valence-corrected chi connectivity index (χ4v) is 4.47. The van der Waals surface area contributed by atoms with Gasteiger partial charge < -0.3 is 11.1 Å². The molecule has 0 radical (unpaired) electrons. The van der Waals surface area contributed by atoms with Crippen LogP contribution in [-0.4, -0.2) is 54.0 Å². The van der Waals surface area contributed by atoms with Crippen molar-refractivity contribution in [1.29, 1.82) is 0 Å². The number of piperidine rings is 1. The molecule has 2 saturated heterocycles. The van der Waals surface area contributed by atoms with E-state index in [0.29, 0.717) is 24.0 Å². The molecule has 2 aliphatic rings. The average molecular weight is 285 g/mol. The van der Waals surface area contributed by atoms with E-state index >= 15 is 0 Å². The van der Waals surface area contributed by atoms with E-state index < -0.39 is 0 Å². The molecule has 0 bridgehead atoms. The summed E-state index contributed by atoms with van der Waals surface area (Å²) in [6, 6.07) is 1.27. The number of hydrogen-bond donors (Lipinski definition) is 2. The van der Waals surface area contributed by atoms with Crippen molar-refractivity contribution in [1.82, 2.24) is 10.2 Å². The van der Waals surface area contributed by atoms with Crippen molar-refractivity contribution < 1.29 is 4.79 Å². The van der Waals surface area contributed by atoms with Crippen molar-refractivity contribution in [3.05, 3.63) is 0 Å². The Hall–Kier alpha value is -0.260. The van der Waals surface area contributed by atoms with Gasteiger partial charge in [0.1, 0.15) is 0 Å². The molecule has 1 amide bonds. The number of nitrogens with zero attached hydrogens (tertiary/aromatic N) is 1. The monoisotopic (exact) mass is 285 g/mol. The van der Waals surface area contributed by atoms with Crippen LogP contribution in [0.2, 0.25) is 0 Å². The van der Waals surface area contributed by atoms with Gasteiger partial charge in [0.05, 0.1) is 6.54 Å². The third kappa shape index (κ3) is 4.97. The highest BCUT2D eigenvalue weighted by Gasteiger charge is 2.30. The molecule has 1 unspecified atom stereocenters. The van der Waals surface area contributed by atoms with Gasteiger partial charge in [-0.1, -0.05) is 13.8 Å². The SMILES string of the molecule is CC1(C)CSCC(NC2CCN(CC(N)=O)CC2)C1.